The Morgan fingerprint density at radius 1 is 1.05 bits per heavy atom. The van der Waals surface area contributed by atoms with Gasteiger partial charge in [-0.25, -0.2) is 8.42 Å². The normalized spacial score (nSPS) is 20.5. The maximum absolute atomic E-state index is 13.9. The summed E-state index contributed by atoms with van der Waals surface area (Å²) < 4.78 is 30.0. The molecule has 1 saturated heterocycles. The van der Waals surface area contributed by atoms with E-state index in [0.29, 0.717) is 62.0 Å². The Kier molecular flexibility index (Phi) is 7.56. The van der Waals surface area contributed by atoms with Crippen LogP contribution >= 0.6 is 15.9 Å². The second-order valence-corrected chi connectivity index (χ2v) is 12.7. The van der Waals surface area contributed by atoms with Crippen LogP contribution < -0.4 is 4.90 Å². The van der Waals surface area contributed by atoms with E-state index in [1.807, 2.05) is 29.2 Å². The van der Waals surface area contributed by atoms with E-state index < -0.39 is 10.0 Å². The molecule has 3 aliphatic heterocycles. The monoisotopic (exact) mass is 585 g/mol. The van der Waals surface area contributed by atoms with Gasteiger partial charge in [-0.2, -0.15) is 4.31 Å². The molecule has 0 unspecified atom stereocenters. The highest BCUT2D eigenvalue weighted by Gasteiger charge is 2.39. The second-order valence-electron chi connectivity index (χ2n) is 9.89. The van der Waals surface area contributed by atoms with Crippen molar-refractivity contribution in [1.82, 2.24) is 9.21 Å². The first-order valence-corrected chi connectivity index (χ1v) is 15.2. The average Bonchev–Trinajstić information content (AvgIpc) is 3.36. The van der Waals surface area contributed by atoms with E-state index in [-0.39, 0.29) is 29.2 Å². The molecule has 37 heavy (non-hydrogen) atoms. The molecule has 0 aromatic heterocycles. The van der Waals surface area contributed by atoms with E-state index in [2.05, 4.69) is 34.1 Å². The van der Waals surface area contributed by atoms with Crippen LogP contribution in [-0.4, -0.2) is 62.2 Å². The predicted octanol–water partition coefficient (Wildman–Crippen LogP) is 4.46. The maximum atomic E-state index is 13.9. The number of nitrogens with zero attached hydrogens (tertiary/aromatic N) is 3. The van der Waals surface area contributed by atoms with E-state index in [1.54, 1.807) is 17.9 Å². The molecule has 1 fully saturated rings. The van der Waals surface area contributed by atoms with Crippen molar-refractivity contribution in [2.45, 2.75) is 43.9 Å². The number of halogens is 1. The summed E-state index contributed by atoms with van der Waals surface area (Å²) in [5.74, 6) is -0.438. The molecule has 0 radical (unpaired) electrons. The number of hydrogen-bond donors (Lipinski definition) is 0. The molecule has 0 aliphatic carbocycles. The minimum Gasteiger partial charge on any atom is -0.338 e. The van der Waals surface area contributed by atoms with E-state index in [4.69, 9.17) is 0 Å². The highest BCUT2D eigenvalue weighted by Crippen LogP contribution is 2.40. The van der Waals surface area contributed by atoms with Gasteiger partial charge < -0.3 is 9.80 Å². The van der Waals surface area contributed by atoms with Gasteiger partial charge in [0.2, 0.25) is 21.8 Å². The lowest BCUT2D eigenvalue weighted by atomic mass is 9.95. The van der Waals surface area contributed by atoms with Gasteiger partial charge in [-0.1, -0.05) is 59.3 Å². The smallest absolute Gasteiger partial charge is 0.245 e. The molecule has 5 rings (SSSR count). The first-order valence-electron chi connectivity index (χ1n) is 13.0. The Balaban J connectivity index is 1.35. The van der Waals surface area contributed by atoms with Crippen LogP contribution in [0.15, 0.2) is 57.9 Å². The molecule has 9 heteroatoms. The number of benzene rings is 2. The summed E-state index contributed by atoms with van der Waals surface area (Å²) in [5, 5.41) is 0. The Morgan fingerprint density at radius 2 is 1.84 bits per heavy atom. The summed E-state index contributed by atoms with van der Waals surface area (Å²) >= 11 is 3.46. The Hall–Kier alpha value is -2.49. The van der Waals surface area contributed by atoms with E-state index in [0.717, 1.165) is 12.0 Å². The quantitative estimate of drug-likeness (QED) is 0.519. The maximum Gasteiger partial charge on any atom is 0.245 e. The Labute approximate surface area is 227 Å². The number of fused-ring (bicyclic) bond motifs is 1. The number of carbonyl (C=O) groups excluding carboxylic acids is 2. The van der Waals surface area contributed by atoms with Gasteiger partial charge in [-0.15, -0.1) is 0 Å². The van der Waals surface area contributed by atoms with Gasteiger partial charge in [0.25, 0.3) is 0 Å². The number of sulfonamides is 1. The van der Waals surface area contributed by atoms with Crippen molar-refractivity contribution < 1.29 is 18.0 Å². The van der Waals surface area contributed by atoms with Gasteiger partial charge >= 0.3 is 0 Å². The van der Waals surface area contributed by atoms with Crippen LogP contribution in [0.5, 0.6) is 0 Å². The number of hydrogen-bond acceptors (Lipinski definition) is 4. The molecule has 7 nitrogen and oxygen atoms in total. The van der Waals surface area contributed by atoms with Crippen molar-refractivity contribution in [2.75, 3.05) is 37.6 Å². The summed E-state index contributed by atoms with van der Waals surface area (Å²) in [5.41, 5.74) is 3.78. The van der Waals surface area contributed by atoms with Crippen LogP contribution in [0, 0.1) is 5.92 Å². The number of anilines is 1. The molecule has 2 aromatic carbocycles. The van der Waals surface area contributed by atoms with Gasteiger partial charge in [0.05, 0.1) is 11.6 Å². The predicted molar refractivity (Wildman–Crippen MR) is 148 cm³/mol. The lowest BCUT2D eigenvalue weighted by molar-refractivity contribution is -0.136. The van der Waals surface area contributed by atoms with Gasteiger partial charge in [0.15, 0.2) is 0 Å². The van der Waals surface area contributed by atoms with Crippen LogP contribution in [0.25, 0.3) is 5.57 Å². The molecule has 2 amide bonds. The van der Waals surface area contributed by atoms with Crippen LogP contribution in [0.3, 0.4) is 0 Å². The summed E-state index contributed by atoms with van der Waals surface area (Å²) in [4.78, 5) is 29.6. The third-order valence-corrected chi connectivity index (χ3v) is 9.95. The fourth-order valence-corrected chi connectivity index (χ4v) is 8.09. The summed E-state index contributed by atoms with van der Waals surface area (Å²) in [6.45, 7) is 3.97. The van der Waals surface area contributed by atoms with Gasteiger partial charge in [-0.05, 0) is 54.5 Å². The summed E-state index contributed by atoms with van der Waals surface area (Å²) in [6.07, 6.45) is 5.13. The molecule has 0 spiro atoms. The first-order chi connectivity index (χ1) is 17.8. The molecule has 0 N–H and O–H groups in total. The summed E-state index contributed by atoms with van der Waals surface area (Å²) in [7, 11) is -3.90. The fourth-order valence-electron chi connectivity index (χ4n) is 5.65. The highest BCUT2D eigenvalue weighted by atomic mass is 79.9. The Morgan fingerprint density at radius 3 is 2.54 bits per heavy atom. The zero-order valence-corrected chi connectivity index (χ0v) is 23.4. The zero-order chi connectivity index (χ0) is 26.2. The fraction of sp³-hybridized carbons (Fsp3) is 0.429. The average molecular weight is 587 g/mol. The zero-order valence-electron chi connectivity index (χ0n) is 21.0. The largest absolute Gasteiger partial charge is 0.338 e. The van der Waals surface area contributed by atoms with Crippen LogP contribution in [0.2, 0.25) is 0 Å². The minimum atomic E-state index is -3.90. The highest BCUT2D eigenvalue weighted by molar-refractivity contribution is 9.10. The van der Waals surface area contributed by atoms with Gasteiger partial charge in [0, 0.05) is 43.6 Å². The standard InChI is InChI=1S/C28H32BrN3O4S/c1-2-26(33)32-16-12-22-17-24(29)18-25(27(22)32)37(35,36)31-13-6-9-23(19-31)28(34)30-14-10-21(11-15-30)20-7-4-3-5-8-20/h3-5,7-8,10,17-18,23H,2,6,9,11-16,19H2,1H3/t23-/m1/s1. The molecular weight excluding hydrogens is 554 g/mol. The van der Waals surface area contributed by atoms with Crippen LogP contribution in [-0.2, 0) is 26.0 Å². The number of carbonyl (C=O) groups is 2. The van der Waals surface area contributed by atoms with Gasteiger partial charge in [-0.3, -0.25) is 9.59 Å². The van der Waals surface area contributed by atoms with Crippen molar-refractivity contribution >= 4 is 49.0 Å². The molecule has 3 aliphatic rings. The SMILES string of the molecule is CCC(=O)N1CCc2cc(Br)cc(S(=O)(=O)N3CCC[C@@H](C(=O)N4CC=C(c5ccccc5)CC4)C3)c21. The molecule has 3 heterocycles. The second kappa shape index (κ2) is 10.7. The molecule has 196 valence electrons. The van der Waals surface area contributed by atoms with Crippen LogP contribution in [0.4, 0.5) is 5.69 Å². The van der Waals surface area contributed by atoms with E-state index in [9.17, 15) is 18.0 Å². The first kappa shape index (κ1) is 26.1. The summed E-state index contributed by atoms with van der Waals surface area (Å²) in [6, 6.07) is 13.7. The van der Waals surface area contributed by atoms with Crippen molar-refractivity contribution in [1.29, 1.82) is 0 Å². The van der Waals surface area contributed by atoms with Crippen LogP contribution in [0.1, 0.15) is 43.7 Å². The Bertz CT molecular complexity index is 1340. The number of piperidine rings is 1. The lowest BCUT2D eigenvalue weighted by Gasteiger charge is -2.36. The van der Waals surface area contributed by atoms with Crippen molar-refractivity contribution in [3.8, 4) is 0 Å². The van der Waals surface area contributed by atoms with Crippen molar-refractivity contribution in [2.24, 2.45) is 5.92 Å². The molecule has 0 saturated carbocycles. The third-order valence-electron chi connectivity index (χ3n) is 7.61. The van der Waals surface area contributed by atoms with Crippen molar-refractivity contribution in [3.05, 3.63) is 64.1 Å². The third kappa shape index (κ3) is 5.13. The lowest BCUT2D eigenvalue weighted by Crippen LogP contribution is -2.47. The molecule has 2 aromatic rings. The molecular formula is C28H32BrN3O4S. The topological polar surface area (TPSA) is 78.0 Å². The number of amides is 2. The van der Waals surface area contributed by atoms with Crippen molar-refractivity contribution in [3.63, 3.8) is 0 Å². The van der Waals surface area contributed by atoms with E-state index in [1.165, 1.54) is 15.4 Å². The molecule has 1 atom stereocenters. The van der Waals surface area contributed by atoms with E-state index >= 15 is 0 Å². The molecule has 0 bridgehead atoms. The number of rotatable bonds is 5. The minimum absolute atomic E-state index is 0.0190. The van der Waals surface area contributed by atoms with Gasteiger partial charge in [0.1, 0.15) is 4.90 Å².